The molecule has 0 aromatic heterocycles. The lowest BCUT2D eigenvalue weighted by Crippen LogP contribution is -2.40. The second-order valence-electron chi connectivity index (χ2n) is 8.77. The minimum absolute atomic E-state index is 0.0375. The third-order valence-corrected chi connectivity index (χ3v) is 6.54. The summed E-state index contributed by atoms with van der Waals surface area (Å²) >= 11 is 0. The third-order valence-electron chi connectivity index (χ3n) is 6.54. The first-order valence-corrected chi connectivity index (χ1v) is 11.2. The molecule has 0 saturated heterocycles. The lowest BCUT2D eigenvalue weighted by Gasteiger charge is -2.32. The van der Waals surface area contributed by atoms with E-state index in [1.54, 1.807) is 0 Å². The van der Waals surface area contributed by atoms with Gasteiger partial charge in [0, 0.05) is 30.4 Å². The monoisotopic (exact) mass is 425 g/mol. The van der Waals surface area contributed by atoms with Gasteiger partial charge in [-0.3, -0.25) is 4.79 Å². The number of nitrogens with one attached hydrogen (secondary N) is 2. The van der Waals surface area contributed by atoms with E-state index in [9.17, 15) is 9.59 Å². The molecule has 1 heterocycles. The molecule has 0 radical (unpaired) electrons. The summed E-state index contributed by atoms with van der Waals surface area (Å²) < 4.78 is 0. The van der Waals surface area contributed by atoms with E-state index < -0.39 is 0 Å². The molecule has 0 bridgehead atoms. The molecule has 0 fully saturated rings. The Bertz CT molecular complexity index is 1140. The molecule has 2 N–H and O–H groups in total. The predicted molar refractivity (Wildman–Crippen MR) is 127 cm³/mol. The van der Waals surface area contributed by atoms with E-state index in [0.717, 1.165) is 47.3 Å². The maximum Gasteiger partial charge on any atom is 0.323 e. The molecule has 5 nitrogen and oxygen atoms in total. The van der Waals surface area contributed by atoms with Crippen molar-refractivity contribution in [2.75, 3.05) is 17.2 Å². The molecular weight excluding hydrogens is 398 g/mol. The molecule has 0 saturated carbocycles. The number of fused-ring (bicyclic) bond motifs is 2. The van der Waals surface area contributed by atoms with Crippen LogP contribution in [0.5, 0.6) is 0 Å². The van der Waals surface area contributed by atoms with E-state index in [1.807, 2.05) is 60.4 Å². The molecule has 0 spiro atoms. The Morgan fingerprint density at radius 1 is 0.844 bits per heavy atom. The summed E-state index contributed by atoms with van der Waals surface area (Å²) in [6.45, 7) is 3.28. The molecule has 3 aromatic carbocycles. The maximum atomic E-state index is 13.2. The second kappa shape index (κ2) is 8.50. The van der Waals surface area contributed by atoms with E-state index in [2.05, 4.69) is 28.8 Å². The van der Waals surface area contributed by atoms with Crippen LogP contribution in [0.1, 0.15) is 27.8 Å². The summed E-state index contributed by atoms with van der Waals surface area (Å²) in [6, 6.07) is 21.7. The number of benzene rings is 3. The van der Waals surface area contributed by atoms with Gasteiger partial charge in [-0.05, 0) is 66.6 Å². The highest BCUT2D eigenvalue weighted by Crippen LogP contribution is 2.31. The van der Waals surface area contributed by atoms with Crippen LogP contribution in [-0.4, -0.2) is 23.4 Å². The molecule has 3 amide bonds. The number of rotatable bonds is 3. The second-order valence-corrected chi connectivity index (χ2v) is 8.77. The van der Waals surface area contributed by atoms with Crippen molar-refractivity contribution in [1.29, 1.82) is 0 Å². The van der Waals surface area contributed by atoms with Gasteiger partial charge in [0.05, 0.1) is 0 Å². The van der Waals surface area contributed by atoms with Crippen molar-refractivity contribution in [3.05, 3.63) is 94.5 Å². The Morgan fingerprint density at radius 2 is 1.53 bits per heavy atom. The highest BCUT2D eigenvalue weighted by molar-refractivity contribution is 6.00. The summed E-state index contributed by atoms with van der Waals surface area (Å²) in [6.07, 6.45) is 2.40. The Balaban J connectivity index is 1.25. The van der Waals surface area contributed by atoms with Crippen molar-refractivity contribution >= 4 is 23.3 Å². The van der Waals surface area contributed by atoms with Crippen LogP contribution < -0.4 is 10.6 Å². The van der Waals surface area contributed by atoms with Crippen LogP contribution in [0.4, 0.5) is 16.2 Å². The Morgan fingerprint density at radius 3 is 2.25 bits per heavy atom. The minimum atomic E-state index is -0.260. The lowest BCUT2D eigenvalue weighted by molar-refractivity contribution is -0.136. The van der Waals surface area contributed by atoms with Crippen LogP contribution in [0.25, 0.3) is 0 Å². The minimum Gasteiger partial charge on any atom is -0.338 e. The molecule has 0 atom stereocenters. The van der Waals surface area contributed by atoms with E-state index in [4.69, 9.17) is 0 Å². The van der Waals surface area contributed by atoms with Gasteiger partial charge < -0.3 is 15.5 Å². The van der Waals surface area contributed by atoms with Crippen LogP contribution in [0.3, 0.4) is 0 Å². The van der Waals surface area contributed by atoms with Crippen molar-refractivity contribution < 1.29 is 9.59 Å². The zero-order valence-electron chi connectivity index (χ0n) is 18.2. The average Bonchev–Trinajstić information content (AvgIpc) is 3.24. The molecule has 1 aliphatic carbocycles. The number of hydrogen-bond acceptors (Lipinski definition) is 2. The predicted octanol–water partition coefficient (Wildman–Crippen LogP) is 4.94. The van der Waals surface area contributed by atoms with Gasteiger partial charge in [0.1, 0.15) is 0 Å². The topological polar surface area (TPSA) is 61.4 Å². The van der Waals surface area contributed by atoms with Gasteiger partial charge in [-0.15, -0.1) is 0 Å². The lowest BCUT2D eigenvalue weighted by atomic mass is 9.95. The summed E-state index contributed by atoms with van der Waals surface area (Å²) in [5, 5.41) is 5.87. The average molecular weight is 426 g/mol. The summed E-state index contributed by atoms with van der Waals surface area (Å²) in [7, 11) is 0. The fraction of sp³-hybridized carbons (Fsp3) is 0.259. The molecule has 32 heavy (non-hydrogen) atoms. The number of carbonyl (C=O) groups excluding carboxylic acids is 2. The van der Waals surface area contributed by atoms with E-state index in [-0.39, 0.29) is 17.9 Å². The van der Waals surface area contributed by atoms with E-state index >= 15 is 0 Å². The number of carbonyl (C=O) groups is 2. The van der Waals surface area contributed by atoms with Gasteiger partial charge in [-0.25, -0.2) is 4.79 Å². The molecule has 5 heteroatoms. The first kappa shape index (κ1) is 20.3. The van der Waals surface area contributed by atoms with Crippen LogP contribution in [0, 0.1) is 12.8 Å². The van der Waals surface area contributed by atoms with Crippen LogP contribution in [0.2, 0.25) is 0 Å². The first-order chi connectivity index (χ1) is 15.6. The van der Waals surface area contributed by atoms with Crippen molar-refractivity contribution in [2.24, 2.45) is 5.92 Å². The Labute approximate surface area is 188 Å². The first-order valence-electron chi connectivity index (χ1n) is 11.2. The van der Waals surface area contributed by atoms with Crippen LogP contribution in [-0.2, 0) is 30.6 Å². The van der Waals surface area contributed by atoms with Gasteiger partial charge >= 0.3 is 6.03 Å². The number of urea groups is 1. The van der Waals surface area contributed by atoms with Gasteiger partial charge in [0.25, 0.3) is 0 Å². The summed E-state index contributed by atoms with van der Waals surface area (Å²) in [4.78, 5) is 27.7. The number of anilines is 2. The van der Waals surface area contributed by atoms with Gasteiger partial charge in [0.2, 0.25) is 5.91 Å². The number of nitrogens with zero attached hydrogens (tertiary/aromatic N) is 1. The number of aryl methyl sites for hydroxylation is 1. The SMILES string of the molecule is Cc1ccc(NC(=O)Nc2cccc3c2CCN(C(=O)C2Cc4ccccc4C2)C3)cc1. The van der Waals surface area contributed by atoms with Crippen molar-refractivity contribution in [3.63, 3.8) is 0 Å². The molecule has 3 aromatic rings. The van der Waals surface area contributed by atoms with Crippen molar-refractivity contribution in [1.82, 2.24) is 4.90 Å². The molecular formula is C27H27N3O2. The molecule has 2 aliphatic rings. The molecule has 5 rings (SSSR count). The highest BCUT2D eigenvalue weighted by atomic mass is 16.2. The largest absolute Gasteiger partial charge is 0.338 e. The van der Waals surface area contributed by atoms with E-state index in [1.165, 1.54) is 11.1 Å². The summed E-state index contributed by atoms with van der Waals surface area (Å²) in [5.41, 5.74) is 7.54. The highest BCUT2D eigenvalue weighted by Gasteiger charge is 2.32. The Kier molecular flexibility index (Phi) is 5.39. The van der Waals surface area contributed by atoms with Gasteiger partial charge in [0.15, 0.2) is 0 Å². The maximum absolute atomic E-state index is 13.2. The molecule has 1 aliphatic heterocycles. The van der Waals surface area contributed by atoms with Crippen LogP contribution >= 0.6 is 0 Å². The normalized spacial score (nSPS) is 15.1. The third kappa shape index (κ3) is 4.11. The zero-order valence-corrected chi connectivity index (χ0v) is 18.2. The van der Waals surface area contributed by atoms with Crippen molar-refractivity contribution in [3.8, 4) is 0 Å². The molecule has 0 unspecified atom stereocenters. The fourth-order valence-electron chi connectivity index (χ4n) is 4.83. The van der Waals surface area contributed by atoms with Crippen LogP contribution in [0.15, 0.2) is 66.7 Å². The zero-order chi connectivity index (χ0) is 22.1. The molecule has 162 valence electrons. The van der Waals surface area contributed by atoms with E-state index in [0.29, 0.717) is 13.1 Å². The number of hydrogen-bond donors (Lipinski definition) is 2. The standard InChI is InChI=1S/C27H27N3O2/c1-18-9-11-23(12-10-18)28-27(32)29-25-8-4-7-21-17-30(14-13-24(21)25)26(31)22-15-19-5-2-3-6-20(19)16-22/h2-12,22H,13-17H2,1H3,(H2,28,29,32). The number of amides is 3. The fourth-order valence-corrected chi connectivity index (χ4v) is 4.83. The van der Waals surface area contributed by atoms with Gasteiger partial charge in [-0.2, -0.15) is 0 Å². The Hall–Kier alpha value is -3.60. The quantitative estimate of drug-likeness (QED) is 0.624. The van der Waals surface area contributed by atoms with Gasteiger partial charge in [-0.1, -0.05) is 54.1 Å². The smallest absolute Gasteiger partial charge is 0.323 e. The summed E-state index contributed by atoms with van der Waals surface area (Å²) in [5.74, 6) is 0.276. The van der Waals surface area contributed by atoms with Crippen molar-refractivity contribution in [2.45, 2.75) is 32.7 Å².